The molecule has 0 aliphatic heterocycles. The van der Waals surface area contributed by atoms with Crippen LogP contribution in [0.3, 0.4) is 0 Å². The molecule has 0 saturated carbocycles. The lowest BCUT2D eigenvalue weighted by molar-refractivity contribution is 0.0993. The van der Waals surface area contributed by atoms with E-state index in [2.05, 4.69) is 0 Å². The molecule has 0 N–H and O–H groups in total. The van der Waals surface area contributed by atoms with Crippen molar-refractivity contribution in [2.45, 2.75) is 32.8 Å². The summed E-state index contributed by atoms with van der Waals surface area (Å²) >= 11 is 1.61. The summed E-state index contributed by atoms with van der Waals surface area (Å²) in [5.41, 5.74) is 0.511. The van der Waals surface area contributed by atoms with Gasteiger partial charge in [0, 0.05) is 16.9 Å². The molecule has 0 amide bonds. The summed E-state index contributed by atoms with van der Waals surface area (Å²) in [5, 5.41) is 1.99. The average Bonchev–Trinajstić information content (AvgIpc) is 2.80. The Labute approximate surface area is 118 Å². The van der Waals surface area contributed by atoms with E-state index in [0.717, 1.165) is 16.2 Å². The van der Waals surface area contributed by atoms with E-state index in [0.29, 0.717) is 6.42 Å². The zero-order valence-corrected chi connectivity index (χ0v) is 12.3. The molecule has 1 heterocycles. The van der Waals surface area contributed by atoms with Crippen molar-refractivity contribution in [2.75, 3.05) is 0 Å². The molecule has 0 saturated heterocycles. The maximum atomic E-state index is 12.1. The van der Waals surface area contributed by atoms with Gasteiger partial charge in [0.05, 0.1) is 0 Å². The van der Waals surface area contributed by atoms with E-state index in [4.69, 9.17) is 4.74 Å². The van der Waals surface area contributed by atoms with Crippen LogP contribution >= 0.6 is 11.3 Å². The van der Waals surface area contributed by atoms with E-state index < -0.39 is 0 Å². The molecule has 100 valence electrons. The third-order valence-corrected chi connectivity index (χ3v) is 3.39. The number of thiophene rings is 1. The lowest BCUT2D eigenvalue weighted by Crippen LogP contribution is -2.22. The molecule has 0 bridgehead atoms. The first kappa shape index (κ1) is 13.8. The molecular weight excluding hydrogens is 256 g/mol. The van der Waals surface area contributed by atoms with Crippen LogP contribution in [0.5, 0.6) is 5.75 Å². The van der Waals surface area contributed by atoms with Gasteiger partial charge in [-0.2, -0.15) is 0 Å². The van der Waals surface area contributed by atoms with Gasteiger partial charge in [-0.3, -0.25) is 4.79 Å². The molecule has 0 aliphatic carbocycles. The number of ketones is 1. The second kappa shape index (κ2) is 5.57. The molecule has 2 aromatic rings. The van der Waals surface area contributed by atoms with Crippen molar-refractivity contribution in [1.82, 2.24) is 0 Å². The lowest BCUT2D eigenvalue weighted by Gasteiger charge is -2.21. The van der Waals surface area contributed by atoms with Crippen molar-refractivity contribution >= 4 is 17.1 Å². The molecule has 0 radical (unpaired) electrons. The highest BCUT2D eigenvalue weighted by molar-refractivity contribution is 7.10. The van der Waals surface area contributed by atoms with Crippen LogP contribution in [0.15, 0.2) is 41.8 Å². The molecule has 19 heavy (non-hydrogen) atoms. The Hall–Kier alpha value is -1.61. The first-order valence-electron chi connectivity index (χ1n) is 6.29. The molecule has 0 unspecified atom stereocenters. The maximum absolute atomic E-state index is 12.1. The maximum Gasteiger partial charge on any atom is 0.168 e. The largest absolute Gasteiger partial charge is 0.488 e. The van der Waals surface area contributed by atoms with Crippen LogP contribution in [0.1, 0.15) is 36.0 Å². The third-order valence-electron chi connectivity index (χ3n) is 2.52. The first-order valence-corrected chi connectivity index (χ1v) is 7.17. The Bertz CT molecular complexity index is 533. The van der Waals surface area contributed by atoms with Crippen molar-refractivity contribution in [2.24, 2.45) is 0 Å². The van der Waals surface area contributed by atoms with E-state index in [1.807, 2.05) is 62.5 Å². The van der Waals surface area contributed by atoms with E-state index in [9.17, 15) is 4.79 Å². The minimum Gasteiger partial charge on any atom is -0.488 e. The van der Waals surface area contributed by atoms with Gasteiger partial charge in [0.15, 0.2) is 5.78 Å². The first-order chi connectivity index (χ1) is 8.94. The average molecular weight is 274 g/mol. The summed E-state index contributed by atoms with van der Waals surface area (Å²) in [4.78, 5) is 13.2. The predicted molar refractivity (Wildman–Crippen MR) is 79.2 cm³/mol. The van der Waals surface area contributed by atoms with Gasteiger partial charge >= 0.3 is 0 Å². The summed E-state index contributed by atoms with van der Waals surface area (Å²) in [6, 6.07) is 11.3. The number of benzene rings is 1. The zero-order valence-electron chi connectivity index (χ0n) is 11.5. The van der Waals surface area contributed by atoms with Crippen LogP contribution in [-0.4, -0.2) is 11.4 Å². The number of hydrogen-bond acceptors (Lipinski definition) is 3. The zero-order chi connectivity index (χ0) is 13.9. The molecule has 2 nitrogen and oxygen atoms in total. The van der Waals surface area contributed by atoms with E-state index in [1.54, 1.807) is 11.3 Å². The van der Waals surface area contributed by atoms with Gasteiger partial charge in [0.1, 0.15) is 11.4 Å². The SMILES string of the molecule is CC(C)(C)Oc1ccc(C(=O)Cc2cccs2)cc1. The highest BCUT2D eigenvalue weighted by Gasteiger charge is 2.12. The molecule has 0 spiro atoms. The lowest BCUT2D eigenvalue weighted by atomic mass is 10.1. The fourth-order valence-corrected chi connectivity index (χ4v) is 2.44. The van der Waals surface area contributed by atoms with Gasteiger partial charge in [0.25, 0.3) is 0 Å². The number of ether oxygens (including phenoxy) is 1. The molecular formula is C16H18O2S. The van der Waals surface area contributed by atoms with Gasteiger partial charge in [-0.25, -0.2) is 0 Å². The van der Waals surface area contributed by atoms with Crippen LogP contribution in [0.4, 0.5) is 0 Å². The van der Waals surface area contributed by atoms with Crippen molar-refractivity contribution in [1.29, 1.82) is 0 Å². The minimum atomic E-state index is -0.220. The Kier molecular flexibility index (Phi) is 4.05. The van der Waals surface area contributed by atoms with Gasteiger partial charge < -0.3 is 4.74 Å². The Balaban J connectivity index is 2.04. The smallest absolute Gasteiger partial charge is 0.168 e. The topological polar surface area (TPSA) is 26.3 Å². The van der Waals surface area contributed by atoms with Crippen molar-refractivity contribution in [3.8, 4) is 5.75 Å². The van der Waals surface area contributed by atoms with E-state index >= 15 is 0 Å². The Morgan fingerprint density at radius 3 is 2.37 bits per heavy atom. The van der Waals surface area contributed by atoms with Crippen LogP contribution in [0, 0.1) is 0 Å². The molecule has 1 aromatic heterocycles. The van der Waals surface area contributed by atoms with E-state index in [-0.39, 0.29) is 11.4 Å². The summed E-state index contributed by atoms with van der Waals surface area (Å²) in [6.45, 7) is 6.01. The summed E-state index contributed by atoms with van der Waals surface area (Å²) in [5.74, 6) is 0.935. The van der Waals surface area contributed by atoms with Gasteiger partial charge in [-0.1, -0.05) is 6.07 Å². The number of Topliss-reactive ketones (excluding diaryl/α,β-unsaturated/α-hetero) is 1. The molecule has 0 aliphatic rings. The number of carbonyl (C=O) groups is 1. The fourth-order valence-electron chi connectivity index (χ4n) is 1.74. The van der Waals surface area contributed by atoms with Crippen LogP contribution in [0.2, 0.25) is 0 Å². The molecule has 0 fully saturated rings. The quantitative estimate of drug-likeness (QED) is 0.775. The van der Waals surface area contributed by atoms with Crippen LogP contribution in [0.25, 0.3) is 0 Å². The monoisotopic (exact) mass is 274 g/mol. The summed E-state index contributed by atoms with van der Waals surface area (Å²) in [7, 11) is 0. The van der Waals surface area contributed by atoms with Crippen LogP contribution < -0.4 is 4.74 Å². The summed E-state index contributed by atoms with van der Waals surface area (Å²) < 4.78 is 5.73. The molecule has 1 aromatic carbocycles. The third kappa shape index (κ3) is 4.21. The Morgan fingerprint density at radius 1 is 1.16 bits per heavy atom. The molecule has 2 rings (SSSR count). The fraction of sp³-hybridized carbons (Fsp3) is 0.312. The minimum absolute atomic E-state index is 0.143. The van der Waals surface area contributed by atoms with Gasteiger partial charge in [-0.15, -0.1) is 11.3 Å². The van der Waals surface area contributed by atoms with Crippen molar-refractivity contribution in [3.63, 3.8) is 0 Å². The second-order valence-corrected chi connectivity index (χ2v) is 6.45. The number of hydrogen-bond donors (Lipinski definition) is 0. The predicted octanol–water partition coefficient (Wildman–Crippen LogP) is 4.35. The number of carbonyl (C=O) groups excluding carboxylic acids is 1. The molecule has 0 atom stereocenters. The number of rotatable bonds is 4. The Morgan fingerprint density at radius 2 is 1.84 bits per heavy atom. The standard InChI is InChI=1S/C16H18O2S/c1-16(2,3)18-13-8-6-12(7-9-13)15(17)11-14-5-4-10-19-14/h4-10H,11H2,1-3H3. The van der Waals surface area contributed by atoms with E-state index in [1.165, 1.54) is 0 Å². The summed E-state index contributed by atoms with van der Waals surface area (Å²) in [6.07, 6.45) is 0.469. The van der Waals surface area contributed by atoms with Crippen LogP contribution in [-0.2, 0) is 6.42 Å². The highest BCUT2D eigenvalue weighted by Crippen LogP contribution is 2.20. The van der Waals surface area contributed by atoms with Crippen molar-refractivity contribution < 1.29 is 9.53 Å². The van der Waals surface area contributed by atoms with Crippen molar-refractivity contribution in [3.05, 3.63) is 52.2 Å². The normalized spacial score (nSPS) is 11.3. The second-order valence-electron chi connectivity index (χ2n) is 5.42. The highest BCUT2D eigenvalue weighted by atomic mass is 32.1. The van der Waals surface area contributed by atoms with Gasteiger partial charge in [0.2, 0.25) is 0 Å². The molecule has 3 heteroatoms. The van der Waals surface area contributed by atoms with Gasteiger partial charge in [-0.05, 0) is 56.5 Å².